The minimum Gasteiger partial charge on any atom is -0.0882 e. The fourth-order valence-electron chi connectivity index (χ4n) is 2.44. The summed E-state index contributed by atoms with van der Waals surface area (Å²) in [6.45, 7) is 2.22. The first kappa shape index (κ1) is 17.8. The topological polar surface area (TPSA) is 0 Å². The molecule has 0 heteroatoms. The number of hydrogen-bond acceptors (Lipinski definition) is 0. The van der Waals surface area contributed by atoms with E-state index in [4.69, 9.17) is 0 Å². The lowest BCUT2D eigenvalue weighted by Gasteiger charge is -2.01. The molecule has 1 aromatic carbocycles. The summed E-state index contributed by atoms with van der Waals surface area (Å²) in [6.07, 6.45) is 22.1. The van der Waals surface area contributed by atoms with Crippen molar-refractivity contribution in [2.45, 2.75) is 71.1 Å². The quantitative estimate of drug-likeness (QED) is 0.290. The van der Waals surface area contributed by atoms with Crippen LogP contribution < -0.4 is 0 Å². The molecule has 0 aliphatic heterocycles. The van der Waals surface area contributed by atoms with E-state index in [1.807, 2.05) is 0 Å². The van der Waals surface area contributed by atoms with Crippen LogP contribution in [0.1, 0.15) is 70.3 Å². The molecule has 0 atom stereocenters. The van der Waals surface area contributed by atoms with Crippen LogP contribution in [0.4, 0.5) is 0 Å². The molecule has 0 saturated carbocycles. The zero-order valence-corrected chi connectivity index (χ0v) is 13.8. The van der Waals surface area contributed by atoms with Crippen molar-refractivity contribution in [3.8, 4) is 0 Å². The molecule has 0 heterocycles. The van der Waals surface area contributed by atoms with E-state index in [-0.39, 0.29) is 0 Å². The van der Waals surface area contributed by atoms with Gasteiger partial charge in [0.15, 0.2) is 0 Å². The van der Waals surface area contributed by atoms with Crippen LogP contribution in [0.5, 0.6) is 0 Å². The predicted molar refractivity (Wildman–Crippen MR) is 95.7 cm³/mol. The Labute approximate surface area is 132 Å². The zero-order chi connectivity index (χ0) is 15.0. The van der Waals surface area contributed by atoms with Crippen LogP contribution in [-0.4, -0.2) is 0 Å². The third kappa shape index (κ3) is 11.1. The minimum absolute atomic E-state index is 1.11. The Morgan fingerprint density at radius 3 is 2.14 bits per heavy atom. The van der Waals surface area contributed by atoms with Crippen LogP contribution in [0.3, 0.4) is 0 Å². The largest absolute Gasteiger partial charge is 0.0882 e. The van der Waals surface area contributed by atoms with Crippen LogP contribution in [0.25, 0.3) is 0 Å². The third-order valence-corrected chi connectivity index (χ3v) is 3.74. The molecular weight excluding hydrogens is 252 g/mol. The summed E-state index contributed by atoms with van der Waals surface area (Å²) in [5.41, 5.74) is 1.48. The molecular formula is C21H32. The van der Waals surface area contributed by atoms with Crippen LogP contribution in [0.15, 0.2) is 54.6 Å². The van der Waals surface area contributed by atoms with Crippen LogP contribution >= 0.6 is 0 Å². The van der Waals surface area contributed by atoms with Gasteiger partial charge in [-0.15, -0.1) is 0 Å². The molecule has 116 valence electrons. The lowest BCUT2D eigenvalue weighted by molar-refractivity contribution is 0.617. The Bertz CT molecular complexity index is 372. The summed E-state index contributed by atoms with van der Waals surface area (Å²) in [5, 5.41) is 0. The summed E-state index contributed by atoms with van der Waals surface area (Å²) < 4.78 is 0. The van der Waals surface area contributed by atoms with E-state index in [1.165, 1.54) is 63.4 Å². The van der Waals surface area contributed by atoms with Crippen LogP contribution in [-0.2, 0) is 6.42 Å². The van der Waals surface area contributed by atoms with Crippen LogP contribution in [0.2, 0.25) is 0 Å². The van der Waals surface area contributed by atoms with Crippen molar-refractivity contribution >= 4 is 0 Å². The third-order valence-electron chi connectivity index (χ3n) is 3.74. The maximum Gasteiger partial charge on any atom is -0.0169 e. The SMILES string of the molecule is CCC/C=C/C/C=C/CCCCCCCc1ccccc1. The Kier molecular flexibility index (Phi) is 11.6. The molecule has 21 heavy (non-hydrogen) atoms. The van der Waals surface area contributed by atoms with Gasteiger partial charge in [0.2, 0.25) is 0 Å². The van der Waals surface area contributed by atoms with E-state index in [1.54, 1.807) is 0 Å². The van der Waals surface area contributed by atoms with Crippen molar-refractivity contribution in [1.29, 1.82) is 0 Å². The average Bonchev–Trinajstić information content (AvgIpc) is 2.53. The van der Waals surface area contributed by atoms with Gasteiger partial charge in [0.25, 0.3) is 0 Å². The Hall–Kier alpha value is -1.30. The molecule has 0 fully saturated rings. The summed E-state index contributed by atoms with van der Waals surface area (Å²) in [5.74, 6) is 0. The molecule has 1 aromatic rings. The smallest absolute Gasteiger partial charge is 0.0169 e. The molecule has 0 unspecified atom stereocenters. The van der Waals surface area contributed by atoms with Gasteiger partial charge in [0, 0.05) is 0 Å². The molecule has 0 aromatic heterocycles. The highest BCUT2D eigenvalue weighted by atomic mass is 14.0. The van der Waals surface area contributed by atoms with Gasteiger partial charge < -0.3 is 0 Å². The van der Waals surface area contributed by atoms with Gasteiger partial charge in [-0.2, -0.15) is 0 Å². The lowest BCUT2D eigenvalue weighted by atomic mass is 10.0. The van der Waals surface area contributed by atoms with E-state index in [0.717, 1.165) is 6.42 Å². The average molecular weight is 284 g/mol. The van der Waals surface area contributed by atoms with Crippen molar-refractivity contribution in [1.82, 2.24) is 0 Å². The fourth-order valence-corrected chi connectivity index (χ4v) is 2.44. The highest BCUT2D eigenvalue weighted by Crippen LogP contribution is 2.10. The van der Waals surface area contributed by atoms with Crippen molar-refractivity contribution in [3.05, 3.63) is 60.2 Å². The maximum atomic E-state index is 2.35. The van der Waals surface area contributed by atoms with E-state index < -0.39 is 0 Å². The standard InChI is InChI=1S/C21H32/c1-2-3-4-5-6-7-8-9-10-11-12-13-15-18-21-19-16-14-17-20-21/h4-5,7-8,14,16-17,19-20H,2-3,6,9-13,15,18H2,1H3/b5-4+,8-7+. The second-order valence-electron chi connectivity index (χ2n) is 5.76. The van der Waals surface area contributed by atoms with Crippen LogP contribution in [0, 0.1) is 0 Å². The predicted octanol–water partition coefficient (Wildman–Crippen LogP) is 6.87. The zero-order valence-electron chi connectivity index (χ0n) is 13.8. The summed E-state index contributed by atoms with van der Waals surface area (Å²) >= 11 is 0. The minimum atomic E-state index is 1.11. The van der Waals surface area contributed by atoms with E-state index in [9.17, 15) is 0 Å². The molecule has 0 aliphatic rings. The maximum absolute atomic E-state index is 2.35. The van der Waals surface area contributed by atoms with Crippen molar-refractivity contribution in [3.63, 3.8) is 0 Å². The van der Waals surface area contributed by atoms with E-state index >= 15 is 0 Å². The lowest BCUT2D eigenvalue weighted by Crippen LogP contribution is -1.85. The number of hydrogen-bond donors (Lipinski definition) is 0. The van der Waals surface area contributed by atoms with Gasteiger partial charge in [-0.3, -0.25) is 0 Å². The van der Waals surface area contributed by atoms with Crippen molar-refractivity contribution in [2.24, 2.45) is 0 Å². The summed E-state index contributed by atoms with van der Waals surface area (Å²) in [4.78, 5) is 0. The second kappa shape index (κ2) is 13.7. The number of rotatable bonds is 12. The van der Waals surface area contributed by atoms with E-state index in [0.29, 0.717) is 0 Å². The molecule has 0 nitrogen and oxygen atoms in total. The summed E-state index contributed by atoms with van der Waals surface area (Å²) in [6, 6.07) is 10.8. The first-order chi connectivity index (χ1) is 10.4. The molecule has 1 rings (SSSR count). The first-order valence-corrected chi connectivity index (χ1v) is 8.77. The molecule has 0 spiro atoms. The van der Waals surface area contributed by atoms with E-state index in [2.05, 4.69) is 61.6 Å². The Morgan fingerprint density at radius 1 is 0.714 bits per heavy atom. The van der Waals surface area contributed by atoms with Gasteiger partial charge in [-0.05, 0) is 44.1 Å². The molecule has 0 bridgehead atoms. The number of unbranched alkanes of at least 4 members (excludes halogenated alkanes) is 6. The molecule has 0 amide bonds. The second-order valence-corrected chi connectivity index (χ2v) is 5.76. The molecule has 0 radical (unpaired) electrons. The monoisotopic (exact) mass is 284 g/mol. The molecule has 0 saturated heterocycles. The summed E-state index contributed by atoms with van der Waals surface area (Å²) in [7, 11) is 0. The van der Waals surface area contributed by atoms with Gasteiger partial charge in [0.05, 0.1) is 0 Å². The highest BCUT2D eigenvalue weighted by Gasteiger charge is 1.92. The van der Waals surface area contributed by atoms with Gasteiger partial charge >= 0.3 is 0 Å². The van der Waals surface area contributed by atoms with Crippen molar-refractivity contribution in [2.75, 3.05) is 0 Å². The van der Waals surface area contributed by atoms with Crippen molar-refractivity contribution < 1.29 is 0 Å². The fraction of sp³-hybridized carbons (Fsp3) is 0.524. The number of allylic oxidation sites excluding steroid dienone is 4. The Balaban J connectivity index is 1.85. The van der Waals surface area contributed by atoms with Gasteiger partial charge in [-0.1, -0.05) is 87.2 Å². The number of aryl methyl sites for hydroxylation is 1. The highest BCUT2D eigenvalue weighted by molar-refractivity contribution is 5.14. The first-order valence-electron chi connectivity index (χ1n) is 8.77. The normalized spacial score (nSPS) is 11.7. The van der Waals surface area contributed by atoms with Gasteiger partial charge in [0.1, 0.15) is 0 Å². The Morgan fingerprint density at radius 2 is 1.38 bits per heavy atom. The molecule has 0 aliphatic carbocycles. The van der Waals surface area contributed by atoms with Gasteiger partial charge in [-0.25, -0.2) is 0 Å². The molecule has 0 N–H and O–H groups in total. The number of benzene rings is 1.